The summed E-state index contributed by atoms with van der Waals surface area (Å²) in [6.45, 7) is 3.02. The van der Waals surface area contributed by atoms with Crippen LogP contribution in [-0.2, 0) is 17.5 Å². The lowest BCUT2D eigenvalue weighted by Gasteiger charge is -2.39. The highest BCUT2D eigenvalue weighted by molar-refractivity contribution is 5.97. The smallest absolute Gasteiger partial charge is 0.310 e. The van der Waals surface area contributed by atoms with Crippen molar-refractivity contribution in [2.45, 2.75) is 25.7 Å². The lowest BCUT2D eigenvalue weighted by molar-refractivity contribution is -0.137. The largest absolute Gasteiger partial charge is 0.416 e. The van der Waals surface area contributed by atoms with E-state index in [-0.39, 0.29) is 17.4 Å². The fourth-order valence-corrected chi connectivity index (χ4v) is 3.06. The molecule has 1 aliphatic rings. The van der Waals surface area contributed by atoms with Gasteiger partial charge in [0.25, 0.3) is 0 Å². The van der Waals surface area contributed by atoms with E-state index in [1.165, 1.54) is 29.2 Å². The highest BCUT2D eigenvalue weighted by atomic mass is 19.4. The second-order valence-corrected chi connectivity index (χ2v) is 6.31. The predicted molar refractivity (Wildman–Crippen MR) is 90.1 cm³/mol. The van der Waals surface area contributed by atoms with Gasteiger partial charge in [0, 0.05) is 25.3 Å². The minimum absolute atomic E-state index is 0.248. The van der Waals surface area contributed by atoms with Gasteiger partial charge in [0.05, 0.1) is 11.6 Å². The van der Waals surface area contributed by atoms with Crippen molar-refractivity contribution in [2.24, 2.45) is 0 Å². The van der Waals surface area contributed by atoms with Crippen LogP contribution in [0.15, 0.2) is 48.5 Å². The summed E-state index contributed by atoms with van der Waals surface area (Å²) < 4.78 is 51.7. The third kappa shape index (κ3) is 3.88. The summed E-state index contributed by atoms with van der Waals surface area (Å²) in [6, 6.07) is 10.4. The minimum atomic E-state index is -4.45. The summed E-state index contributed by atoms with van der Waals surface area (Å²) in [7, 11) is 0. The minimum Gasteiger partial charge on any atom is -0.310 e. The van der Waals surface area contributed by atoms with Crippen LogP contribution in [0.3, 0.4) is 0 Å². The number of piperazine rings is 1. The Hall–Kier alpha value is -2.41. The summed E-state index contributed by atoms with van der Waals surface area (Å²) in [5.74, 6) is -0.579. The van der Waals surface area contributed by atoms with Gasteiger partial charge in [-0.2, -0.15) is 13.2 Å². The summed E-state index contributed by atoms with van der Waals surface area (Å²) in [6.07, 6.45) is -4.45. The molecular weight excluding hydrogens is 348 g/mol. The van der Waals surface area contributed by atoms with Crippen molar-refractivity contribution >= 4 is 11.6 Å². The molecule has 0 aromatic heterocycles. The molecule has 26 heavy (non-hydrogen) atoms. The van der Waals surface area contributed by atoms with Gasteiger partial charge in [-0.3, -0.25) is 9.69 Å². The highest BCUT2D eigenvalue weighted by Gasteiger charge is 2.34. The first-order valence-electron chi connectivity index (χ1n) is 8.23. The molecule has 1 aliphatic heterocycles. The zero-order valence-corrected chi connectivity index (χ0v) is 14.1. The first-order valence-corrected chi connectivity index (χ1v) is 8.23. The van der Waals surface area contributed by atoms with Crippen LogP contribution < -0.4 is 4.90 Å². The monoisotopic (exact) mass is 366 g/mol. The molecule has 0 unspecified atom stereocenters. The average Bonchev–Trinajstić information content (AvgIpc) is 2.60. The Kier molecular flexibility index (Phi) is 5.00. The number of alkyl halides is 3. The van der Waals surface area contributed by atoms with Crippen LogP contribution in [-0.4, -0.2) is 29.9 Å². The molecule has 2 aromatic carbocycles. The Morgan fingerprint density at radius 1 is 1.08 bits per heavy atom. The van der Waals surface area contributed by atoms with Gasteiger partial charge in [-0.05, 0) is 42.8 Å². The molecule has 0 N–H and O–H groups in total. The molecule has 2 aromatic rings. The van der Waals surface area contributed by atoms with Crippen molar-refractivity contribution in [3.05, 3.63) is 65.5 Å². The van der Waals surface area contributed by atoms with Crippen molar-refractivity contribution in [2.75, 3.05) is 18.0 Å². The third-order valence-electron chi connectivity index (χ3n) is 4.57. The van der Waals surface area contributed by atoms with Crippen molar-refractivity contribution in [1.82, 2.24) is 4.90 Å². The van der Waals surface area contributed by atoms with E-state index in [0.717, 1.165) is 17.7 Å². The van der Waals surface area contributed by atoms with Crippen LogP contribution in [0.5, 0.6) is 0 Å². The van der Waals surface area contributed by atoms with E-state index in [2.05, 4.69) is 0 Å². The molecule has 3 rings (SSSR count). The van der Waals surface area contributed by atoms with E-state index in [1.54, 1.807) is 19.1 Å². The van der Waals surface area contributed by atoms with Gasteiger partial charge in [0.1, 0.15) is 5.82 Å². The van der Waals surface area contributed by atoms with Gasteiger partial charge in [-0.15, -0.1) is 0 Å². The molecule has 1 saturated heterocycles. The Bertz CT molecular complexity index is 789. The molecule has 1 atom stereocenters. The maximum atomic E-state index is 13.0. The Morgan fingerprint density at radius 2 is 1.77 bits per heavy atom. The average molecular weight is 366 g/mol. The van der Waals surface area contributed by atoms with Crippen LogP contribution in [0.2, 0.25) is 0 Å². The number of carbonyl (C=O) groups is 1. The zero-order valence-electron chi connectivity index (χ0n) is 14.1. The fourth-order valence-electron chi connectivity index (χ4n) is 3.06. The molecule has 138 valence electrons. The van der Waals surface area contributed by atoms with E-state index in [9.17, 15) is 22.4 Å². The van der Waals surface area contributed by atoms with Gasteiger partial charge in [-0.1, -0.05) is 18.2 Å². The molecule has 1 amide bonds. The van der Waals surface area contributed by atoms with Gasteiger partial charge in [0.15, 0.2) is 0 Å². The van der Waals surface area contributed by atoms with E-state index in [4.69, 9.17) is 0 Å². The second-order valence-electron chi connectivity index (χ2n) is 6.31. The van der Waals surface area contributed by atoms with E-state index in [1.807, 2.05) is 4.90 Å². The number of nitrogens with zero attached hydrogens (tertiary/aromatic N) is 2. The number of carbonyl (C=O) groups excluding carboxylic acids is 1. The molecule has 7 heteroatoms. The number of hydrogen-bond donors (Lipinski definition) is 0. The van der Waals surface area contributed by atoms with Crippen molar-refractivity contribution in [3.63, 3.8) is 0 Å². The van der Waals surface area contributed by atoms with Crippen molar-refractivity contribution in [1.29, 1.82) is 0 Å². The maximum absolute atomic E-state index is 13.0. The topological polar surface area (TPSA) is 23.6 Å². The van der Waals surface area contributed by atoms with Crippen molar-refractivity contribution < 1.29 is 22.4 Å². The van der Waals surface area contributed by atoms with Gasteiger partial charge < -0.3 is 4.90 Å². The lowest BCUT2D eigenvalue weighted by atomic mass is 10.1. The summed E-state index contributed by atoms with van der Waals surface area (Å²) in [5.41, 5.74) is 0.348. The van der Waals surface area contributed by atoms with E-state index < -0.39 is 17.8 Å². The number of anilines is 1. The molecule has 0 saturated carbocycles. The molecular formula is C19H18F4N2O. The van der Waals surface area contributed by atoms with Gasteiger partial charge >= 0.3 is 6.18 Å². The number of amides is 1. The summed E-state index contributed by atoms with van der Waals surface area (Å²) >= 11 is 0. The number of rotatable bonds is 3. The van der Waals surface area contributed by atoms with Crippen LogP contribution in [0.25, 0.3) is 0 Å². The molecule has 0 bridgehead atoms. The maximum Gasteiger partial charge on any atom is 0.416 e. The first kappa shape index (κ1) is 18.4. The SMILES string of the molecule is C[C@H]1C(=O)N(c2cccc(C(F)(F)F)c2)CCN1Cc1ccc(F)cc1. The third-order valence-corrected chi connectivity index (χ3v) is 4.57. The van der Waals surface area contributed by atoms with Crippen molar-refractivity contribution in [3.8, 4) is 0 Å². The first-order chi connectivity index (χ1) is 12.3. The lowest BCUT2D eigenvalue weighted by Crippen LogP contribution is -2.55. The summed E-state index contributed by atoms with van der Waals surface area (Å²) in [4.78, 5) is 16.0. The standard InChI is InChI=1S/C19H18F4N2O/c1-13-18(26)25(17-4-2-3-15(11-17)19(21,22)23)10-9-24(13)12-14-5-7-16(20)8-6-14/h2-8,11,13H,9-10,12H2,1H3/t13-/m0/s1. The number of benzene rings is 2. The zero-order chi connectivity index (χ0) is 18.9. The fraction of sp³-hybridized carbons (Fsp3) is 0.316. The summed E-state index contributed by atoms with van der Waals surface area (Å²) in [5, 5.41) is 0. The normalized spacial score (nSPS) is 19.0. The molecule has 3 nitrogen and oxygen atoms in total. The molecule has 0 radical (unpaired) electrons. The van der Waals surface area contributed by atoms with Gasteiger partial charge in [0.2, 0.25) is 5.91 Å². The Balaban J connectivity index is 1.74. The molecule has 0 aliphatic carbocycles. The second kappa shape index (κ2) is 7.07. The van der Waals surface area contributed by atoms with Crippen LogP contribution in [0, 0.1) is 5.82 Å². The Labute approximate surface area is 148 Å². The number of halogens is 4. The quantitative estimate of drug-likeness (QED) is 0.764. The Morgan fingerprint density at radius 3 is 2.42 bits per heavy atom. The highest BCUT2D eigenvalue weighted by Crippen LogP contribution is 2.32. The molecule has 1 fully saturated rings. The number of hydrogen-bond acceptors (Lipinski definition) is 2. The molecule has 0 spiro atoms. The predicted octanol–water partition coefficient (Wildman–Crippen LogP) is 4.08. The van der Waals surface area contributed by atoms with Crippen LogP contribution >= 0.6 is 0 Å². The van der Waals surface area contributed by atoms with E-state index >= 15 is 0 Å². The van der Waals surface area contributed by atoms with E-state index in [0.29, 0.717) is 19.6 Å². The van der Waals surface area contributed by atoms with Crippen LogP contribution in [0.1, 0.15) is 18.1 Å². The van der Waals surface area contributed by atoms with Gasteiger partial charge in [-0.25, -0.2) is 4.39 Å². The van der Waals surface area contributed by atoms with Crippen LogP contribution in [0.4, 0.5) is 23.2 Å². The molecule has 1 heterocycles.